The van der Waals surface area contributed by atoms with Crippen molar-refractivity contribution < 1.29 is 9.47 Å². The predicted molar refractivity (Wildman–Crippen MR) is 77.8 cm³/mol. The van der Waals surface area contributed by atoms with Gasteiger partial charge in [-0.05, 0) is 42.2 Å². The molecule has 0 radical (unpaired) electrons. The molecular formula is C17H24O2. The zero-order valence-corrected chi connectivity index (χ0v) is 12.0. The van der Waals surface area contributed by atoms with Crippen molar-refractivity contribution in [3.8, 4) is 0 Å². The minimum Gasteiger partial charge on any atom is -0.504 e. The lowest BCUT2D eigenvalue weighted by atomic mass is 9.75. The maximum Gasteiger partial charge on any atom is 0.0816 e. The van der Waals surface area contributed by atoms with Crippen molar-refractivity contribution in [2.75, 3.05) is 13.7 Å². The first-order chi connectivity index (χ1) is 9.22. The van der Waals surface area contributed by atoms with Gasteiger partial charge in [0.05, 0.1) is 26.6 Å². The van der Waals surface area contributed by atoms with Crippen LogP contribution in [0.15, 0.2) is 42.2 Å². The van der Waals surface area contributed by atoms with Crippen LogP contribution in [-0.4, -0.2) is 13.7 Å². The van der Waals surface area contributed by atoms with Gasteiger partial charge in [0, 0.05) is 0 Å². The second kappa shape index (κ2) is 6.76. The molecule has 0 atom stereocenters. The van der Waals surface area contributed by atoms with Crippen molar-refractivity contribution in [3.05, 3.63) is 47.7 Å². The molecule has 1 aromatic rings. The van der Waals surface area contributed by atoms with Crippen molar-refractivity contribution in [3.63, 3.8) is 0 Å². The molecule has 0 aromatic heterocycles. The normalized spacial score (nSPS) is 23.2. The van der Waals surface area contributed by atoms with Gasteiger partial charge in [0.2, 0.25) is 0 Å². The van der Waals surface area contributed by atoms with Gasteiger partial charge in [0.25, 0.3) is 0 Å². The molecule has 1 fully saturated rings. The van der Waals surface area contributed by atoms with E-state index in [1.54, 1.807) is 7.11 Å². The summed E-state index contributed by atoms with van der Waals surface area (Å²) in [4.78, 5) is 0. The molecule has 1 saturated carbocycles. The van der Waals surface area contributed by atoms with Crippen LogP contribution in [0.3, 0.4) is 0 Å². The molecule has 0 amide bonds. The predicted octanol–water partition coefficient (Wildman–Crippen LogP) is 4.31. The molecular weight excluding hydrogens is 236 g/mol. The van der Waals surface area contributed by atoms with Crippen molar-refractivity contribution in [2.45, 2.75) is 39.2 Å². The van der Waals surface area contributed by atoms with E-state index in [1.807, 2.05) is 12.3 Å². The summed E-state index contributed by atoms with van der Waals surface area (Å²) >= 11 is 0. The Hall–Kier alpha value is -1.28. The summed E-state index contributed by atoms with van der Waals surface area (Å²) in [6, 6.07) is 10.4. The Bertz CT molecular complexity index is 399. The van der Waals surface area contributed by atoms with Crippen LogP contribution < -0.4 is 0 Å². The van der Waals surface area contributed by atoms with E-state index in [2.05, 4.69) is 31.2 Å². The van der Waals surface area contributed by atoms with Crippen LogP contribution in [-0.2, 0) is 16.1 Å². The van der Waals surface area contributed by atoms with Gasteiger partial charge in [-0.3, -0.25) is 0 Å². The van der Waals surface area contributed by atoms with Gasteiger partial charge in [0.1, 0.15) is 0 Å². The Balaban J connectivity index is 1.75. The van der Waals surface area contributed by atoms with Gasteiger partial charge in [-0.15, -0.1) is 0 Å². The first-order valence-corrected chi connectivity index (χ1v) is 7.04. The number of methoxy groups -OCH3 is 1. The molecule has 1 aromatic carbocycles. The average molecular weight is 260 g/mol. The smallest absolute Gasteiger partial charge is 0.0816 e. The largest absolute Gasteiger partial charge is 0.504 e. The highest BCUT2D eigenvalue weighted by atomic mass is 16.5. The van der Waals surface area contributed by atoms with Crippen LogP contribution in [0.4, 0.5) is 0 Å². The van der Waals surface area contributed by atoms with Crippen LogP contribution in [0.2, 0.25) is 0 Å². The number of ether oxygens (including phenoxy) is 2. The zero-order chi connectivity index (χ0) is 13.6. The van der Waals surface area contributed by atoms with Crippen LogP contribution in [0.1, 0.15) is 38.2 Å². The van der Waals surface area contributed by atoms with Crippen molar-refractivity contribution in [1.29, 1.82) is 0 Å². The Kier molecular flexibility index (Phi) is 5.03. The van der Waals surface area contributed by atoms with E-state index in [-0.39, 0.29) is 0 Å². The third-order valence-electron chi connectivity index (χ3n) is 3.95. The summed E-state index contributed by atoms with van der Waals surface area (Å²) in [5.74, 6) is 0. The quantitative estimate of drug-likeness (QED) is 0.734. The molecule has 19 heavy (non-hydrogen) atoms. The number of hydrogen-bond donors (Lipinski definition) is 0. The first kappa shape index (κ1) is 14.1. The van der Waals surface area contributed by atoms with E-state index in [9.17, 15) is 0 Å². The molecule has 104 valence electrons. The van der Waals surface area contributed by atoms with Crippen molar-refractivity contribution in [2.24, 2.45) is 5.41 Å². The summed E-state index contributed by atoms with van der Waals surface area (Å²) in [5.41, 5.74) is 3.00. The zero-order valence-electron chi connectivity index (χ0n) is 12.0. The lowest BCUT2D eigenvalue weighted by Gasteiger charge is -2.34. The molecule has 0 unspecified atom stereocenters. The van der Waals surface area contributed by atoms with Crippen LogP contribution in [0, 0.1) is 5.41 Å². The minimum absolute atomic E-state index is 0.319. The van der Waals surface area contributed by atoms with E-state index in [4.69, 9.17) is 9.47 Å². The average Bonchev–Trinajstić information content (AvgIpc) is 2.43. The fraction of sp³-hybridized carbons (Fsp3) is 0.529. The summed E-state index contributed by atoms with van der Waals surface area (Å²) in [5, 5.41) is 0. The molecule has 0 spiro atoms. The number of hydrogen-bond acceptors (Lipinski definition) is 2. The van der Waals surface area contributed by atoms with Crippen LogP contribution in [0.5, 0.6) is 0 Å². The molecule has 2 rings (SSSR count). The van der Waals surface area contributed by atoms with Gasteiger partial charge in [0.15, 0.2) is 0 Å². The topological polar surface area (TPSA) is 18.5 Å². The molecule has 2 heteroatoms. The number of allylic oxidation sites excluding steroid dienone is 1. The third kappa shape index (κ3) is 4.39. The van der Waals surface area contributed by atoms with Gasteiger partial charge in [-0.25, -0.2) is 0 Å². The fourth-order valence-corrected chi connectivity index (χ4v) is 2.59. The molecule has 0 bridgehead atoms. The van der Waals surface area contributed by atoms with Gasteiger partial charge in [-0.2, -0.15) is 0 Å². The highest BCUT2D eigenvalue weighted by Gasteiger charge is 2.28. The maximum atomic E-state index is 5.91. The standard InChI is InChI=1S/C17H24O2/c1-17(10-8-16(9-11-17)12-18-2)14-19-13-15-6-4-3-5-7-15/h3-7,12H,8-11,13-14H2,1-2H3. The number of rotatable bonds is 5. The van der Waals surface area contributed by atoms with Crippen LogP contribution >= 0.6 is 0 Å². The third-order valence-corrected chi connectivity index (χ3v) is 3.95. The summed E-state index contributed by atoms with van der Waals surface area (Å²) in [7, 11) is 1.73. The highest BCUT2D eigenvalue weighted by Crippen LogP contribution is 2.38. The van der Waals surface area contributed by atoms with Crippen molar-refractivity contribution >= 4 is 0 Å². The maximum absolute atomic E-state index is 5.91. The molecule has 0 heterocycles. The molecule has 1 aliphatic rings. The second-order valence-electron chi connectivity index (χ2n) is 5.80. The molecule has 0 saturated heterocycles. The molecule has 2 nitrogen and oxygen atoms in total. The Morgan fingerprint density at radius 2 is 1.84 bits per heavy atom. The Morgan fingerprint density at radius 3 is 2.47 bits per heavy atom. The monoisotopic (exact) mass is 260 g/mol. The van der Waals surface area contributed by atoms with Gasteiger partial charge in [-0.1, -0.05) is 37.3 Å². The summed E-state index contributed by atoms with van der Waals surface area (Å²) < 4.78 is 11.0. The Morgan fingerprint density at radius 1 is 1.16 bits per heavy atom. The number of benzene rings is 1. The van der Waals surface area contributed by atoms with E-state index < -0.39 is 0 Å². The fourth-order valence-electron chi connectivity index (χ4n) is 2.59. The van der Waals surface area contributed by atoms with Gasteiger partial charge >= 0.3 is 0 Å². The summed E-state index contributed by atoms with van der Waals surface area (Å²) in [6.07, 6.45) is 6.57. The molecule has 1 aliphatic carbocycles. The van der Waals surface area contributed by atoms with E-state index in [1.165, 1.54) is 24.0 Å². The van der Waals surface area contributed by atoms with E-state index >= 15 is 0 Å². The van der Waals surface area contributed by atoms with E-state index in [0.29, 0.717) is 5.41 Å². The SMILES string of the molecule is COC=C1CCC(C)(COCc2ccccc2)CC1. The molecule has 0 N–H and O–H groups in total. The lowest BCUT2D eigenvalue weighted by Crippen LogP contribution is -2.26. The van der Waals surface area contributed by atoms with Gasteiger partial charge < -0.3 is 9.47 Å². The lowest BCUT2D eigenvalue weighted by molar-refractivity contribution is 0.0276. The Labute approximate surface area is 116 Å². The first-order valence-electron chi connectivity index (χ1n) is 7.04. The van der Waals surface area contributed by atoms with E-state index in [0.717, 1.165) is 26.1 Å². The van der Waals surface area contributed by atoms with Crippen molar-refractivity contribution in [1.82, 2.24) is 0 Å². The van der Waals surface area contributed by atoms with Crippen LogP contribution in [0.25, 0.3) is 0 Å². The molecule has 0 aliphatic heterocycles. The highest BCUT2D eigenvalue weighted by molar-refractivity contribution is 5.13. The minimum atomic E-state index is 0.319. The second-order valence-corrected chi connectivity index (χ2v) is 5.80. The summed E-state index contributed by atoms with van der Waals surface area (Å²) in [6.45, 7) is 3.90.